The van der Waals surface area contributed by atoms with Crippen LogP contribution in [0.5, 0.6) is 11.5 Å². The Morgan fingerprint density at radius 3 is 1.50 bits per heavy atom. The zero-order valence-corrected chi connectivity index (χ0v) is 36.9. The molecular formula is C53H43N11O2. The van der Waals surface area contributed by atoms with Gasteiger partial charge in [-0.25, -0.2) is 30.0 Å². The van der Waals surface area contributed by atoms with Gasteiger partial charge in [0, 0.05) is 57.1 Å². The lowest BCUT2D eigenvalue weighted by Crippen LogP contribution is -2.44. The number of methoxy groups -OCH3 is 2. The van der Waals surface area contributed by atoms with E-state index in [4.69, 9.17) is 34.4 Å². The predicted octanol–water partition coefficient (Wildman–Crippen LogP) is 8.99. The number of rotatable bonds is 7. The SMILES string of the molecule is COc1ccc(C2(c3cccn3C)N=C3N=C(c4cccn4C)C=C4c5ccccc5N=C2N43)cc1.COc1ccc(C2(c3cccn3C)N=C3N=CC=C4c5ccccc5N=C2N43)cc1. The first-order valence-electron chi connectivity index (χ1n) is 21.7. The average Bonchev–Trinajstić information content (AvgIpc) is 4.21. The number of nitrogens with zero attached hydrogens (tertiary/aromatic N) is 11. The fraction of sp³-hybridized carbons (Fsp3) is 0.132. The number of allylic oxidation sites excluding steroid dienone is 2. The maximum Gasteiger partial charge on any atom is 0.233 e. The molecule has 0 amide bonds. The number of benzene rings is 4. The molecule has 13 heteroatoms. The third-order valence-corrected chi connectivity index (χ3v) is 13.1. The van der Waals surface area contributed by atoms with Crippen molar-refractivity contribution < 1.29 is 9.47 Å². The Morgan fingerprint density at radius 1 is 0.485 bits per heavy atom. The van der Waals surface area contributed by atoms with Crippen molar-refractivity contribution in [2.75, 3.05) is 14.2 Å². The van der Waals surface area contributed by atoms with Crippen LogP contribution < -0.4 is 9.47 Å². The summed E-state index contributed by atoms with van der Waals surface area (Å²) in [6.45, 7) is 0. The number of hydrogen-bond donors (Lipinski definition) is 0. The molecule has 13 rings (SSSR count). The Balaban J connectivity index is 0.000000141. The number of aryl methyl sites for hydroxylation is 3. The van der Waals surface area contributed by atoms with Crippen LogP contribution in [0.15, 0.2) is 194 Å². The summed E-state index contributed by atoms with van der Waals surface area (Å²) in [4.78, 5) is 34.8. The topological polar surface area (TPSA) is 114 Å². The molecule has 0 fully saturated rings. The van der Waals surface area contributed by atoms with E-state index in [9.17, 15) is 0 Å². The zero-order chi connectivity index (χ0) is 44.7. The molecule has 3 aromatic heterocycles. The number of amidine groups is 2. The number of guanidine groups is 2. The monoisotopic (exact) mass is 865 g/mol. The van der Waals surface area contributed by atoms with E-state index in [0.717, 1.165) is 91.0 Å². The van der Waals surface area contributed by atoms with Crippen molar-refractivity contribution in [3.8, 4) is 11.5 Å². The standard InChI is InChI=1S/C29H24N6O.C24H19N5O/c1-33-16-6-10-24(33)23-18-25-21-8-4-5-9-22(21)30-27-29(26-11-7-17-34(26)2,32-28(31-23)35(25)27)19-12-14-20(36-3)15-13-19;1-28-15-5-8-21(28)24(16-9-11-17(30-2)12-10-16)22-26-19-7-4-3-6-18(19)20-13-14-25-23(27-24)29(20)22/h4-18H,1-3H3;3-15H,1-2H3. The maximum absolute atomic E-state index is 5.45. The minimum absolute atomic E-state index is 0.633. The molecule has 0 aliphatic carbocycles. The van der Waals surface area contributed by atoms with Gasteiger partial charge in [-0.15, -0.1) is 0 Å². The maximum atomic E-state index is 5.45. The van der Waals surface area contributed by atoms with Crippen LogP contribution in [-0.4, -0.2) is 73.2 Å². The Kier molecular flexibility index (Phi) is 8.72. The van der Waals surface area contributed by atoms with Gasteiger partial charge in [-0.1, -0.05) is 60.7 Å². The molecule has 13 nitrogen and oxygen atoms in total. The molecule has 2 unspecified atom stereocenters. The van der Waals surface area contributed by atoms with Crippen LogP contribution in [-0.2, 0) is 32.2 Å². The van der Waals surface area contributed by atoms with Gasteiger partial charge in [-0.2, -0.15) is 0 Å². The van der Waals surface area contributed by atoms with Crippen molar-refractivity contribution >= 4 is 58.3 Å². The third kappa shape index (κ3) is 5.59. The number of fused-ring (bicyclic) bond motifs is 4. The third-order valence-electron chi connectivity index (χ3n) is 13.1. The summed E-state index contributed by atoms with van der Waals surface area (Å²) in [5, 5.41) is 0. The first kappa shape index (κ1) is 39.0. The van der Waals surface area contributed by atoms with E-state index in [1.807, 2.05) is 119 Å². The van der Waals surface area contributed by atoms with Crippen molar-refractivity contribution in [2.24, 2.45) is 51.1 Å². The van der Waals surface area contributed by atoms with E-state index in [2.05, 4.69) is 101 Å². The summed E-state index contributed by atoms with van der Waals surface area (Å²) < 4.78 is 17.1. The number of aliphatic imine (C=N–C) groups is 6. The Bertz CT molecular complexity index is 3390. The number of hydrogen-bond acceptors (Lipinski definition) is 10. The fourth-order valence-corrected chi connectivity index (χ4v) is 9.90. The minimum atomic E-state index is -0.875. The van der Waals surface area contributed by atoms with Gasteiger partial charge in [0.25, 0.3) is 0 Å². The quantitative estimate of drug-likeness (QED) is 0.159. The second-order valence-corrected chi connectivity index (χ2v) is 16.6. The second kappa shape index (κ2) is 14.7. The molecular weight excluding hydrogens is 823 g/mol. The van der Waals surface area contributed by atoms with Gasteiger partial charge in [-0.05, 0) is 96.1 Å². The molecule has 0 spiro atoms. The Hall–Kier alpha value is -8.58. The highest BCUT2D eigenvalue weighted by Gasteiger charge is 2.55. The normalized spacial score (nSPS) is 20.2. The van der Waals surface area contributed by atoms with Gasteiger partial charge in [0.15, 0.2) is 22.7 Å². The fourth-order valence-electron chi connectivity index (χ4n) is 9.90. The second-order valence-electron chi connectivity index (χ2n) is 16.6. The smallest absolute Gasteiger partial charge is 0.233 e. The Morgan fingerprint density at radius 2 is 0.985 bits per heavy atom. The van der Waals surface area contributed by atoms with E-state index in [1.165, 1.54) is 0 Å². The van der Waals surface area contributed by atoms with Crippen LogP contribution in [0.4, 0.5) is 11.4 Å². The lowest BCUT2D eigenvalue weighted by Gasteiger charge is -2.35. The molecule has 0 N–H and O–H groups in total. The van der Waals surface area contributed by atoms with E-state index >= 15 is 0 Å². The van der Waals surface area contributed by atoms with E-state index in [-0.39, 0.29) is 0 Å². The van der Waals surface area contributed by atoms with Crippen LogP contribution in [0.3, 0.4) is 0 Å². The van der Waals surface area contributed by atoms with Crippen LogP contribution in [0.1, 0.15) is 39.3 Å². The molecule has 0 radical (unpaired) electrons. The summed E-state index contributed by atoms with van der Waals surface area (Å²) in [5.41, 5.74) is 10.4. The molecule has 4 aromatic carbocycles. The summed E-state index contributed by atoms with van der Waals surface area (Å²) in [5.74, 6) is 4.55. The van der Waals surface area contributed by atoms with Gasteiger partial charge in [-0.3, -0.25) is 9.80 Å². The van der Waals surface area contributed by atoms with Crippen LogP contribution >= 0.6 is 0 Å². The van der Waals surface area contributed by atoms with E-state index in [0.29, 0.717) is 11.9 Å². The van der Waals surface area contributed by atoms with Gasteiger partial charge in [0.05, 0.1) is 59.8 Å². The minimum Gasteiger partial charge on any atom is -0.497 e. The van der Waals surface area contributed by atoms with Crippen molar-refractivity contribution in [2.45, 2.75) is 11.1 Å². The first-order chi connectivity index (χ1) is 32.3. The van der Waals surface area contributed by atoms with Crippen LogP contribution in [0.25, 0.3) is 11.4 Å². The Labute approximate surface area is 381 Å². The summed E-state index contributed by atoms with van der Waals surface area (Å²) in [6.07, 6.45) is 12.1. The molecule has 0 bridgehead atoms. The van der Waals surface area contributed by atoms with Crippen molar-refractivity contribution in [3.63, 3.8) is 0 Å². The van der Waals surface area contributed by atoms with E-state index in [1.54, 1.807) is 14.2 Å². The van der Waals surface area contributed by atoms with Gasteiger partial charge in [0.2, 0.25) is 11.9 Å². The zero-order valence-electron chi connectivity index (χ0n) is 36.9. The van der Waals surface area contributed by atoms with Gasteiger partial charge >= 0.3 is 0 Å². The average molecular weight is 866 g/mol. The molecule has 322 valence electrons. The van der Waals surface area contributed by atoms with Crippen LogP contribution in [0.2, 0.25) is 0 Å². The molecule has 0 saturated carbocycles. The van der Waals surface area contributed by atoms with Crippen LogP contribution in [0, 0.1) is 0 Å². The lowest BCUT2D eigenvalue weighted by atomic mass is 9.84. The van der Waals surface area contributed by atoms with E-state index < -0.39 is 11.1 Å². The van der Waals surface area contributed by atoms with Crippen molar-refractivity contribution in [1.29, 1.82) is 0 Å². The van der Waals surface area contributed by atoms with Gasteiger partial charge < -0.3 is 23.2 Å². The summed E-state index contributed by atoms with van der Waals surface area (Å²) in [6, 6.07) is 45.0. The molecule has 7 aromatic rings. The van der Waals surface area contributed by atoms with Gasteiger partial charge in [0.1, 0.15) is 11.5 Å². The van der Waals surface area contributed by atoms with Crippen molar-refractivity contribution in [3.05, 3.63) is 204 Å². The lowest BCUT2D eigenvalue weighted by molar-refractivity contribution is 0.414. The number of ether oxygens (including phenoxy) is 2. The van der Waals surface area contributed by atoms with Crippen molar-refractivity contribution in [1.82, 2.24) is 23.5 Å². The molecule has 6 aliphatic heterocycles. The largest absolute Gasteiger partial charge is 0.497 e. The predicted molar refractivity (Wildman–Crippen MR) is 260 cm³/mol. The highest BCUT2D eigenvalue weighted by Crippen LogP contribution is 2.51. The highest BCUT2D eigenvalue weighted by atomic mass is 16.5. The highest BCUT2D eigenvalue weighted by molar-refractivity contribution is 6.29. The summed E-state index contributed by atoms with van der Waals surface area (Å²) >= 11 is 0. The molecule has 6 aliphatic rings. The molecule has 2 atom stereocenters. The molecule has 66 heavy (non-hydrogen) atoms. The molecule has 0 saturated heterocycles. The number of para-hydroxylation sites is 2. The molecule has 9 heterocycles. The number of aromatic nitrogens is 3. The first-order valence-corrected chi connectivity index (χ1v) is 21.7. The summed E-state index contributed by atoms with van der Waals surface area (Å²) in [7, 11) is 9.47.